The van der Waals surface area contributed by atoms with Crippen molar-refractivity contribution >= 4 is 26.7 Å². The van der Waals surface area contributed by atoms with Gasteiger partial charge in [0.15, 0.2) is 0 Å². The van der Waals surface area contributed by atoms with Gasteiger partial charge in [-0.25, -0.2) is 0 Å². The summed E-state index contributed by atoms with van der Waals surface area (Å²) in [5.74, 6) is 0. The van der Waals surface area contributed by atoms with Crippen molar-refractivity contribution in [2.24, 2.45) is 5.73 Å². The molecule has 0 aliphatic carbocycles. The predicted molar refractivity (Wildman–Crippen MR) is 64.3 cm³/mol. The van der Waals surface area contributed by atoms with Gasteiger partial charge in [0.2, 0.25) is 0 Å². The first-order valence-corrected chi connectivity index (χ1v) is 5.41. The first-order valence-electron chi connectivity index (χ1n) is 4.62. The molecule has 2 rings (SSSR count). The van der Waals surface area contributed by atoms with Crippen molar-refractivity contribution in [3.63, 3.8) is 0 Å². The summed E-state index contributed by atoms with van der Waals surface area (Å²) in [6.45, 7) is 2.01. The molecule has 2 aromatic rings. The Labute approximate surface area is 92.1 Å². The second-order valence-corrected chi connectivity index (χ2v) is 4.42. The fourth-order valence-electron chi connectivity index (χ4n) is 1.68. The van der Waals surface area contributed by atoms with Crippen molar-refractivity contribution < 1.29 is 0 Å². The SMILES string of the molecule is CC(N)c1cc(Br)cc2ccccc12. The van der Waals surface area contributed by atoms with Gasteiger partial charge >= 0.3 is 0 Å². The second-order valence-electron chi connectivity index (χ2n) is 3.50. The van der Waals surface area contributed by atoms with Crippen LogP contribution in [0.25, 0.3) is 10.8 Å². The van der Waals surface area contributed by atoms with E-state index in [9.17, 15) is 0 Å². The average molecular weight is 250 g/mol. The zero-order valence-electron chi connectivity index (χ0n) is 8.00. The first-order chi connectivity index (χ1) is 6.68. The zero-order valence-corrected chi connectivity index (χ0v) is 9.58. The van der Waals surface area contributed by atoms with Gasteiger partial charge in [-0.1, -0.05) is 40.2 Å². The van der Waals surface area contributed by atoms with Gasteiger partial charge in [0.05, 0.1) is 0 Å². The Hall–Kier alpha value is -0.860. The maximum Gasteiger partial charge on any atom is 0.0272 e. The third-order valence-electron chi connectivity index (χ3n) is 2.35. The molecule has 0 aliphatic rings. The lowest BCUT2D eigenvalue weighted by Crippen LogP contribution is -2.05. The third-order valence-corrected chi connectivity index (χ3v) is 2.81. The van der Waals surface area contributed by atoms with Crippen LogP contribution in [0.15, 0.2) is 40.9 Å². The molecule has 14 heavy (non-hydrogen) atoms. The van der Waals surface area contributed by atoms with Gasteiger partial charge in [-0.2, -0.15) is 0 Å². The molecule has 1 atom stereocenters. The number of halogens is 1. The number of hydrogen-bond donors (Lipinski definition) is 1. The van der Waals surface area contributed by atoms with Crippen molar-refractivity contribution in [3.05, 3.63) is 46.4 Å². The van der Waals surface area contributed by atoms with Crippen LogP contribution in [0.3, 0.4) is 0 Å². The van der Waals surface area contributed by atoms with Crippen LogP contribution in [0, 0.1) is 0 Å². The molecular formula is C12H12BrN. The minimum Gasteiger partial charge on any atom is -0.324 e. The van der Waals surface area contributed by atoms with Gasteiger partial charge in [0, 0.05) is 10.5 Å². The standard InChI is InChI=1S/C12H12BrN/c1-8(14)12-7-10(13)6-9-4-2-3-5-11(9)12/h2-8H,14H2,1H3. The van der Waals surface area contributed by atoms with Gasteiger partial charge in [0.25, 0.3) is 0 Å². The normalized spacial score (nSPS) is 13.1. The molecule has 0 amide bonds. The fourth-order valence-corrected chi connectivity index (χ4v) is 2.17. The molecule has 1 nitrogen and oxygen atoms in total. The summed E-state index contributed by atoms with van der Waals surface area (Å²) in [5, 5.41) is 2.47. The zero-order chi connectivity index (χ0) is 10.1. The maximum absolute atomic E-state index is 5.93. The highest BCUT2D eigenvalue weighted by molar-refractivity contribution is 9.10. The lowest BCUT2D eigenvalue weighted by molar-refractivity contribution is 0.826. The van der Waals surface area contributed by atoms with Crippen LogP contribution >= 0.6 is 15.9 Å². The molecule has 0 spiro atoms. The van der Waals surface area contributed by atoms with E-state index >= 15 is 0 Å². The van der Waals surface area contributed by atoms with Crippen LogP contribution < -0.4 is 5.73 Å². The van der Waals surface area contributed by atoms with E-state index in [4.69, 9.17) is 5.73 Å². The van der Waals surface area contributed by atoms with Crippen LogP contribution in [0.5, 0.6) is 0 Å². The summed E-state index contributed by atoms with van der Waals surface area (Å²) in [6, 6.07) is 12.6. The van der Waals surface area contributed by atoms with E-state index in [1.54, 1.807) is 0 Å². The average Bonchev–Trinajstić information content (AvgIpc) is 2.16. The largest absolute Gasteiger partial charge is 0.324 e. The van der Waals surface area contributed by atoms with Crippen LogP contribution in [-0.4, -0.2) is 0 Å². The number of nitrogens with two attached hydrogens (primary N) is 1. The van der Waals surface area contributed by atoms with E-state index in [-0.39, 0.29) is 6.04 Å². The fraction of sp³-hybridized carbons (Fsp3) is 0.167. The number of fused-ring (bicyclic) bond motifs is 1. The van der Waals surface area contributed by atoms with Gasteiger partial charge in [-0.3, -0.25) is 0 Å². The van der Waals surface area contributed by atoms with Crippen molar-refractivity contribution in [3.8, 4) is 0 Å². The Morgan fingerprint density at radius 3 is 2.64 bits per heavy atom. The first kappa shape index (κ1) is 9.69. The smallest absolute Gasteiger partial charge is 0.0272 e. The Balaban J connectivity index is 2.80. The van der Waals surface area contributed by atoms with Crippen LogP contribution in [-0.2, 0) is 0 Å². The molecule has 0 radical (unpaired) electrons. The lowest BCUT2D eigenvalue weighted by Gasteiger charge is -2.10. The molecule has 0 fully saturated rings. The summed E-state index contributed by atoms with van der Waals surface area (Å²) in [6.07, 6.45) is 0. The number of rotatable bonds is 1. The summed E-state index contributed by atoms with van der Waals surface area (Å²) in [5.41, 5.74) is 7.12. The second kappa shape index (κ2) is 3.71. The molecule has 72 valence electrons. The van der Waals surface area contributed by atoms with E-state index < -0.39 is 0 Å². The Bertz CT molecular complexity index is 463. The molecule has 0 aromatic heterocycles. The topological polar surface area (TPSA) is 26.0 Å². The van der Waals surface area contributed by atoms with Crippen molar-refractivity contribution in [2.45, 2.75) is 13.0 Å². The van der Waals surface area contributed by atoms with Gasteiger partial charge in [-0.05, 0) is 35.4 Å². The maximum atomic E-state index is 5.93. The molecule has 0 aliphatic heterocycles. The van der Waals surface area contributed by atoms with E-state index in [1.807, 2.05) is 19.1 Å². The van der Waals surface area contributed by atoms with Gasteiger partial charge in [-0.15, -0.1) is 0 Å². The number of benzene rings is 2. The monoisotopic (exact) mass is 249 g/mol. The molecule has 0 bridgehead atoms. The summed E-state index contributed by atoms with van der Waals surface area (Å²) >= 11 is 3.50. The third kappa shape index (κ3) is 1.68. The molecule has 1 unspecified atom stereocenters. The Morgan fingerprint density at radius 1 is 1.21 bits per heavy atom. The van der Waals surface area contributed by atoms with Crippen molar-refractivity contribution in [1.82, 2.24) is 0 Å². The van der Waals surface area contributed by atoms with E-state index in [2.05, 4.69) is 40.2 Å². The van der Waals surface area contributed by atoms with E-state index in [0.717, 1.165) is 4.47 Å². The van der Waals surface area contributed by atoms with Gasteiger partial charge < -0.3 is 5.73 Å². The highest BCUT2D eigenvalue weighted by Gasteiger charge is 2.05. The van der Waals surface area contributed by atoms with E-state index in [1.165, 1.54) is 16.3 Å². The molecule has 0 saturated carbocycles. The molecular weight excluding hydrogens is 238 g/mol. The molecule has 2 aromatic carbocycles. The van der Waals surface area contributed by atoms with E-state index in [0.29, 0.717) is 0 Å². The van der Waals surface area contributed by atoms with Crippen LogP contribution in [0.2, 0.25) is 0 Å². The van der Waals surface area contributed by atoms with Crippen molar-refractivity contribution in [2.75, 3.05) is 0 Å². The minimum atomic E-state index is 0.0670. The summed E-state index contributed by atoms with van der Waals surface area (Å²) in [4.78, 5) is 0. The summed E-state index contributed by atoms with van der Waals surface area (Å²) in [7, 11) is 0. The molecule has 2 heteroatoms. The highest BCUT2D eigenvalue weighted by atomic mass is 79.9. The molecule has 0 heterocycles. The molecule has 2 N–H and O–H groups in total. The minimum absolute atomic E-state index is 0.0670. The highest BCUT2D eigenvalue weighted by Crippen LogP contribution is 2.27. The van der Waals surface area contributed by atoms with Crippen LogP contribution in [0.1, 0.15) is 18.5 Å². The Kier molecular flexibility index (Phi) is 2.57. The molecule has 0 saturated heterocycles. The van der Waals surface area contributed by atoms with Crippen LogP contribution in [0.4, 0.5) is 0 Å². The summed E-state index contributed by atoms with van der Waals surface area (Å²) < 4.78 is 1.09. The van der Waals surface area contributed by atoms with Gasteiger partial charge in [0.1, 0.15) is 0 Å². The predicted octanol–water partition coefficient (Wildman–Crippen LogP) is 3.62. The lowest BCUT2D eigenvalue weighted by atomic mass is 10.0. The number of hydrogen-bond acceptors (Lipinski definition) is 1. The van der Waals surface area contributed by atoms with Crippen molar-refractivity contribution in [1.29, 1.82) is 0 Å². The quantitative estimate of drug-likeness (QED) is 0.821. The Morgan fingerprint density at radius 2 is 1.93 bits per heavy atom.